The maximum atomic E-state index is 9.51. The van der Waals surface area contributed by atoms with Crippen LogP contribution in [0.1, 0.15) is 37.7 Å². The summed E-state index contributed by atoms with van der Waals surface area (Å²) in [4.78, 5) is 5.21. The topological polar surface area (TPSA) is 45.2 Å². The average molecular weight is 346 g/mol. The SMILES string of the molecule is OCC[C@@H]1CN(Cc2ccc3c(c2)OCCO3)CCN1C1CCCC1. The van der Waals surface area contributed by atoms with Gasteiger partial charge in [0.25, 0.3) is 0 Å². The Hall–Kier alpha value is -1.30. The largest absolute Gasteiger partial charge is 0.486 e. The standard InChI is InChI=1S/C20H30N2O3/c23-10-7-18-15-21(8-9-22(18)17-3-1-2-4-17)14-16-5-6-19-20(13-16)25-12-11-24-19/h5-6,13,17-18,23H,1-4,7-12,14-15H2/t18-/m1/s1. The van der Waals surface area contributed by atoms with Crippen molar-refractivity contribution < 1.29 is 14.6 Å². The fraction of sp³-hybridized carbons (Fsp3) is 0.700. The highest BCUT2D eigenvalue weighted by Gasteiger charge is 2.33. The minimum absolute atomic E-state index is 0.283. The molecule has 1 aromatic carbocycles. The van der Waals surface area contributed by atoms with Gasteiger partial charge in [-0.2, -0.15) is 0 Å². The summed E-state index contributed by atoms with van der Waals surface area (Å²) in [6.45, 7) is 5.77. The molecule has 0 spiro atoms. The summed E-state index contributed by atoms with van der Waals surface area (Å²) in [5.74, 6) is 1.74. The van der Waals surface area contributed by atoms with Crippen LogP contribution in [0, 0.1) is 0 Å². The third-order valence-corrected chi connectivity index (χ3v) is 5.88. The normalized spacial score (nSPS) is 25.4. The van der Waals surface area contributed by atoms with Crippen LogP contribution in [0.4, 0.5) is 0 Å². The van der Waals surface area contributed by atoms with Crippen molar-refractivity contribution in [2.24, 2.45) is 0 Å². The molecule has 1 saturated carbocycles. The number of benzene rings is 1. The second kappa shape index (κ2) is 7.94. The van der Waals surface area contributed by atoms with Gasteiger partial charge in [-0.05, 0) is 37.0 Å². The monoisotopic (exact) mass is 346 g/mol. The van der Waals surface area contributed by atoms with Gasteiger partial charge in [-0.25, -0.2) is 0 Å². The lowest BCUT2D eigenvalue weighted by molar-refractivity contribution is 0.0267. The maximum Gasteiger partial charge on any atom is 0.161 e. The molecule has 1 atom stereocenters. The van der Waals surface area contributed by atoms with E-state index in [4.69, 9.17) is 9.47 Å². The Labute approximate surface area is 150 Å². The predicted octanol–water partition coefficient (Wildman–Crippen LogP) is 2.27. The van der Waals surface area contributed by atoms with Crippen molar-refractivity contribution in [3.05, 3.63) is 23.8 Å². The summed E-state index contributed by atoms with van der Waals surface area (Å²) in [6, 6.07) is 7.53. The average Bonchev–Trinajstić information content (AvgIpc) is 3.17. The van der Waals surface area contributed by atoms with Crippen LogP contribution < -0.4 is 9.47 Å². The first-order valence-corrected chi connectivity index (χ1v) is 9.81. The van der Waals surface area contributed by atoms with Gasteiger partial charge in [0.2, 0.25) is 0 Å². The fourth-order valence-electron chi connectivity index (χ4n) is 4.64. The van der Waals surface area contributed by atoms with E-state index in [1.165, 1.54) is 31.2 Å². The number of piperazine rings is 1. The highest BCUT2D eigenvalue weighted by atomic mass is 16.6. The highest BCUT2D eigenvalue weighted by molar-refractivity contribution is 5.43. The quantitative estimate of drug-likeness (QED) is 0.886. The number of aliphatic hydroxyl groups is 1. The molecule has 25 heavy (non-hydrogen) atoms. The van der Waals surface area contributed by atoms with E-state index in [0.717, 1.165) is 50.1 Å². The second-order valence-electron chi connectivity index (χ2n) is 7.56. The number of nitrogens with zero attached hydrogens (tertiary/aromatic N) is 2. The molecular formula is C20H30N2O3. The number of hydrogen-bond donors (Lipinski definition) is 1. The molecule has 5 nitrogen and oxygen atoms in total. The molecule has 0 aromatic heterocycles. The van der Waals surface area contributed by atoms with Crippen LogP contribution in [0.25, 0.3) is 0 Å². The molecule has 1 aliphatic carbocycles. The van der Waals surface area contributed by atoms with E-state index < -0.39 is 0 Å². The highest BCUT2D eigenvalue weighted by Crippen LogP contribution is 2.32. The van der Waals surface area contributed by atoms with Gasteiger partial charge in [0.15, 0.2) is 11.5 Å². The van der Waals surface area contributed by atoms with Gasteiger partial charge in [-0.3, -0.25) is 9.80 Å². The molecule has 2 aliphatic heterocycles. The smallest absolute Gasteiger partial charge is 0.161 e. The molecule has 0 bridgehead atoms. The van der Waals surface area contributed by atoms with Gasteiger partial charge in [0.05, 0.1) is 0 Å². The minimum Gasteiger partial charge on any atom is -0.486 e. The summed E-state index contributed by atoms with van der Waals surface area (Å²) in [5, 5.41) is 9.51. The molecule has 1 aromatic rings. The van der Waals surface area contributed by atoms with Gasteiger partial charge in [-0.1, -0.05) is 18.9 Å². The Kier molecular flexibility index (Phi) is 5.44. The van der Waals surface area contributed by atoms with E-state index in [0.29, 0.717) is 19.3 Å². The van der Waals surface area contributed by atoms with E-state index in [9.17, 15) is 5.11 Å². The molecule has 0 amide bonds. The van der Waals surface area contributed by atoms with Crippen molar-refractivity contribution in [1.82, 2.24) is 9.80 Å². The lowest BCUT2D eigenvalue weighted by atomic mass is 10.0. The van der Waals surface area contributed by atoms with E-state index in [1.54, 1.807) is 0 Å². The summed E-state index contributed by atoms with van der Waals surface area (Å²) in [6.07, 6.45) is 6.30. The lowest BCUT2D eigenvalue weighted by Gasteiger charge is -2.44. The number of hydrogen-bond acceptors (Lipinski definition) is 5. The third-order valence-electron chi connectivity index (χ3n) is 5.88. The molecule has 5 heteroatoms. The zero-order chi connectivity index (χ0) is 17.1. The zero-order valence-corrected chi connectivity index (χ0v) is 15.0. The number of fused-ring (bicyclic) bond motifs is 1. The van der Waals surface area contributed by atoms with Crippen LogP contribution >= 0.6 is 0 Å². The first-order chi connectivity index (χ1) is 12.3. The Morgan fingerprint density at radius 1 is 1.04 bits per heavy atom. The van der Waals surface area contributed by atoms with Crippen molar-refractivity contribution in [3.63, 3.8) is 0 Å². The van der Waals surface area contributed by atoms with Crippen LogP contribution in [0.3, 0.4) is 0 Å². The van der Waals surface area contributed by atoms with Gasteiger partial charge in [0, 0.05) is 44.9 Å². The summed E-state index contributed by atoms with van der Waals surface area (Å²) in [7, 11) is 0. The Balaban J connectivity index is 1.40. The van der Waals surface area contributed by atoms with Crippen molar-refractivity contribution in [1.29, 1.82) is 0 Å². The van der Waals surface area contributed by atoms with Crippen LogP contribution in [0.5, 0.6) is 11.5 Å². The van der Waals surface area contributed by atoms with Crippen molar-refractivity contribution >= 4 is 0 Å². The number of ether oxygens (including phenoxy) is 2. The molecular weight excluding hydrogens is 316 g/mol. The van der Waals surface area contributed by atoms with Crippen LogP contribution in [0.2, 0.25) is 0 Å². The van der Waals surface area contributed by atoms with Gasteiger partial charge in [-0.15, -0.1) is 0 Å². The Morgan fingerprint density at radius 3 is 2.64 bits per heavy atom. The van der Waals surface area contributed by atoms with Gasteiger partial charge >= 0.3 is 0 Å². The maximum absolute atomic E-state index is 9.51. The van der Waals surface area contributed by atoms with Crippen molar-refractivity contribution in [3.8, 4) is 11.5 Å². The van der Waals surface area contributed by atoms with Crippen LogP contribution in [-0.4, -0.2) is 66.4 Å². The fourth-order valence-corrected chi connectivity index (χ4v) is 4.64. The molecule has 1 saturated heterocycles. The Bertz CT molecular complexity index is 574. The Morgan fingerprint density at radius 2 is 1.84 bits per heavy atom. The summed E-state index contributed by atoms with van der Waals surface area (Å²) < 4.78 is 11.3. The van der Waals surface area contributed by atoms with Crippen molar-refractivity contribution in [2.45, 2.75) is 50.7 Å². The summed E-state index contributed by atoms with van der Waals surface area (Å²) in [5.41, 5.74) is 1.28. The molecule has 4 rings (SSSR count). The van der Waals surface area contributed by atoms with E-state index in [-0.39, 0.29) is 6.61 Å². The first kappa shape index (κ1) is 17.1. The molecule has 0 unspecified atom stereocenters. The number of aliphatic hydroxyl groups excluding tert-OH is 1. The van der Waals surface area contributed by atoms with Crippen LogP contribution in [-0.2, 0) is 6.54 Å². The van der Waals surface area contributed by atoms with E-state index in [1.807, 2.05) is 6.07 Å². The lowest BCUT2D eigenvalue weighted by Crippen LogP contribution is -2.56. The van der Waals surface area contributed by atoms with Crippen molar-refractivity contribution in [2.75, 3.05) is 39.5 Å². The molecule has 3 aliphatic rings. The molecule has 1 N–H and O–H groups in total. The van der Waals surface area contributed by atoms with Gasteiger partial charge in [0.1, 0.15) is 13.2 Å². The molecule has 0 radical (unpaired) electrons. The van der Waals surface area contributed by atoms with E-state index >= 15 is 0 Å². The zero-order valence-electron chi connectivity index (χ0n) is 15.0. The molecule has 138 valence electrons. The number of rotatable bonds is 5. The summed E-state index contributed by atoms with van der Waals surface area (Å²) >= 11 is 0. The van der Waals surface area contributed by atoms with Gasteiger partial charge < -0.3 is 14.6 Å². The third kappa shape index (κ3) is 3.94. The molecule has 2 heterocycles. The first-order valence-electron chi connectivity index (χ1n) is 9.81. The van der Waals surface area contributed by atoms with E-state index in [2.05, 4.69) is 21.9 Å². The predicted molar refractivity (Wildman–Crippen MR) is 97.2 cm³/mol. The molecule has 2 fully saturated rings. The second-order valence-corrected chi connectivity index (χ2v) is 7.56. The van der Waals surface area contributed by atoms with Crippen LogP contribution in [0.15, 0.2) is 18.2 Å². The minimum atomic E-state index is 0.283.